The number of benzene rings is 1. The van der Waals surface area contributed by atoms with Crippen molar-refractivity contribution in [3.05, 3.63) is 59.4 Å². The molecule has 0 spiro atoms. The molecule has 0 unspecified atom stereocenters. The number of rotatable bonds is 3. The third-order valence-corrected chi connectivity index (χ3v) is 3.02. The van der Waals surface area contributed by atoms with Crippen molar-refractivity contribution < 1.29 is 4.79 Å². The molecule has 0 aliphatic rings. The van der Waals surface area contributed by atoms with E-state index in [-0.39, 0.29) is 5.91 Å². The highest BCUT2D eigenvalue weighted by Gasteiger charge is 2.17. The lowest BCUT2D eigenvalue weighted by Gasteiger charge is -2.20. The van der Waals surface area contributed by atoms with E-state index in [0.29, 0.717) is 17.8 Å². The summed E-state index contributed by atoms with van der Waals surface area (Å²) < 4.78 is 0. The molecular weight excluding hydrogens is 250 g/mol. The van der Waals surface area contributed by atoms with Gasteiger partial charge in [0.25, 0.3) is 5.91 Å². The van der Waals surface area contributed by atoms with Gasteiger partial charge in [0.05, 0.1) is 5.56 Å². The molecule has 2 aromatic rings. The van der Waals surface area contributed by atoms with E-state index < -0.39 is 0 Å². The molecule has 0 N–H and O–H groups in total. The van der Waals surface area contributed by atoms with Gasteiger partial charge in [0.15, 0.2) is 0 Å². The van der Waals surface area contributed by atoms with Crippen LogP contribution in [0.4, 0.5) is 5.69 Å². The minimum atomic E-state index is -0.166. The lowest BCUT2D eigenvalue weighted by molar-refractivity contribution is 0.0983. The Bertz CT molecular complexity index is 639. The summed E-state index contributed by atoms with van der Waals surface area (Å²) in [5, 5.41) is 8.74. The van der Waals surface area contributed by atoms with Crippen molar-refractivity contribution in [3.63, 3.8) is 0 Å². The van der Waals surface area contributed by atoms with Crippen LogP contribution in [0.1, 0.15) is 28.5 Å². The first kappa shape index (κ1) is 13.8. The minimum absolute atomic E-state index is 0.166. The molecule has 1 heterocycles. The van der Waals surface area contributed by atoms with Gasteiger partial charge in [-0.1, -0.05) is 17.7 Å². The molecule has 0 bridgehead atoms. The SMILES string of the molecule is CCN(C(=O)c1ccc(C#N)cn1)c1ccc(C)cc1. The van der Waals surface area contributed by atoms with Crippen molar-refractivity contribution in [2.75, 3.05) is 11.4 Å². The fourth-order valence-corrected chi connectivity index (χ4v) is 1.89. The molecule has 0 aliphatic heterocycles. The molecule has 1 aromatic heterocycles. The third-order valence-electron chi connectivity index (χ3n) is 3.02. The first-order valence-corrected chi connectivity index (χ1v) is 6.40. The first-order valence-electron chi connectivity index (χ1n) is 6.40. The summed E-state index contributed by atoms with van der Waals surface area (Å²) in [7, 11) is 0. The lowest BCUT2D eigenvalue weighted by atomic mass is 10.2. The summed E-state index contributed by atoms with van der Waals surface area (Å²) >= 11 is 0. The van der Waals surface area contributed by atoms with Gasteiger partial charge in [-0.3, -0.25) is 4.79 Å². The van der Waals surface area contributed by atoms with E-state index in [1.54, 1.807) is 17.0 Å². The molecule has 100 valence electrons. The molecule has 0 aliphatic carbocycles. The number of pyridine rings is 1. The molecule has 2 rings (SSSR count). The smallest absolute Gasteiger partial charge is 0.276 e. The Balaban J connectivity index is 2.28. The summed E-state index contributed by atoms with van der Waals surface area (Å²) in [6, 6.07) is 12.9. The van der Waals surface area contributed by atoms with Crippen molar-refractivity contribution in [1.82, 2.24) is 4.98 Å². The number of hydrogen-bond acceptors (Lipinski definition) is 3. The van der Waals surface area contributed by atoms with Crippen molar-refractivity contribution in [3.8, 4) is 6.07 Å². The van der Waals surface area contributed by atoms with Crippen LogP contribution in [0.5, 0.6) is 0 Å². The maximum Gasteiger partial charge on any atom is 0.276 e. The largest absolute Gasteiger partial charge is 0.307 e. The topological polar surface area (TPSA) is 57.0 Å². The van der Waals surface area contributed by atoms with Gasteiger partial charge >= 0.3 is 0 Å². The van der Waals surface area contributed by atoms with Crippen LogP contribution in [0, 0.1) is 18.3 Å². The molecule has 0 radical (unpaired) electrons. The van der Waals surface area contributed by atoms with E-state index in [9.17, 15) is 4.79 Å². The number of nitriles is 1. The van der Waals surface area contributed by atoms with Crippen molar-refractivity contribution >= 4 is 11.6 Å². The van der Waals surface area contributed by atoms with Crippen LogP contribution in [0.3, 0.4) is 0 Å². The average Bonchev–Trinajstić information content (AvgIpc) is 2.50. The van der Waals surface area contributed by atoms with E-state index in [1.807, 2.05) is 44.2 Å². The van der Waals surface area contributed by atoms with Crippen LogP contribution in [0.25, 0.3) is 0 Å². The number of hydrogen-bond donors (Lipinski definition) is 0. The summed E-state index contributed by atoms with van der Waals surface area (Å²) in [5.74, 6) is -0.166. The Morgan fingerprint density at radius 3 is 2.45 bits per heavy atom. The summed E-state index contributed by atoms with van der Waals surface area (Å²) in [5.41, 5.74) is 2.77. The van der Waals surface area contributed by atoms with Gasteiger partial charge in [-0.2, -0.15) is 5.26 Å². The maximum atomic E-state index is 12.4. The predicted molar refractivity (Wildman–Crippen MR) is 77.5 cm³/mol. The lowest BCUT2D eigenvalue weighted by Crippen LogP contribution is -2.31. The molecule has 0 saturated heterocycles. The second kappa shape index (κ2) is 5.98. The average molecular weight is 265 g/mol. The molecule has 1 amide bonds. The van der Waals surface area contributed by atoms with Gasteiger partial charge in [0.2, 0.25) is 0 Å². The molecule has 0 atom stereocenters. The predicted octanol–water partition coefficient (Wildman–Crippen LogP) is 2.93. The zero-order valence-corrected chi connectivity index (χ0v) is 11.5. The zero-order chi connectivity index (χ0) is 14.5. The quantitative estimate of drug-likeness (QED) is 0.857. The monoisotopic (exact) mass is 265 g/mol. The maximum absolute atomic E-state index is 12.4. The van der Waals surface area contributed by atoms with Gasteiger partial charge < -0.3 is 4.90 Å². The highest BCUT2D eigenvalue weighted by molar-refractivity contribution is 6.04. The number of amides is 1. The Kier molecular flexibility index (Phi) is 4.11. The number of aromatic nitrogens is 1. The van der Waals surface area contributed by atoms with Gasteiger partial charge in [-0.15, -0.1) is 0 Å². The van der Waals surface area contributed by atoms with Crippen LogP contribution in [0.2, 0.25) is 0 Å². The summed E-state index contributed by atoms with van der Waals surface area (Å²) in [4.78, 5) is 18.1. The standard InChI is InChI=1S/C16H15N3O/c1-3-19(14-7-4-12(2)5-8-14)16(20)15-9-6-13(10-17)11-18-15/h4-9,11H,3H2,1-2H3. The number of carbonyl (C=O) groups is 1. The van der Waals surface area contributed by atoms with Gasteiger partial charge in [-0.25, -0.2) is 4.98 Å². The summed E-state index contributed by atoms with van der Waals surface area (Å²) in [6.07, 6.45) is 1.41. The molecular formula is C16H15N3O. The third kappa shape index (κ3) is 2.83. The van der Waals surface area contributed by atoms with Gasteiger partial charge in [0.1, 0.15) is 11.8 Å². The zero-order valence-electron chi connectivity index (χ0n) is 11.5. The minimum Gasteiger partial charge on any atom is -0.307 e. The second-order valence-corrected chi connectivity index (χ2v) is 4.43. The van der Waals surface area contributed by atoms with Crippen LogP contribution in [0.15, 0.2) is 42.6 Å². The fourth-order valence-electron chi connectivity index (χ4n) is 1.89. The van der Waals surface area contributed by atoms with E-state index in [4.69, 9.17) is 5.26 Å². The van der Waals surface area contributed by atoms with E-state index in [2.05, 4.69) is 4.98 Å². The number of aryl methyl sites for hydroxylation is 1. The van der Waals surface area contributed by atoms with Crippen molar-refractivity contribution in [1.29, 1.82) is 5.26 Å². The number of nitrogens with zero attached hydrogens (tertiary/aromatic N) is 3. The molecule has 1 aromatic carbocycles. The van der Waals surface area contributed by atoms with Crippen LogP contribution in [-0.4, -0.2) is 17.4 Å². The first-order chi connectivity index (χ1) is 9.65. The summed E-state index contributed by atoms with van der Waals surface area (Å²) in [6.45, 7) is 4.48. The van der Waals surface area contributed by atoms with Crippen molar-refractivity contribution in [2.45, 2.75) is 13.8 Å². The highest BCUT2D eigenvalue weighted by Crippen LogP contribution is 2.17. The van der Waals surface area contributed by atoms with Gasteiger partial charge in [0, 0.05) is 18.4 Å². The normalized spacial score (nSPS) is 9.85. The fraction of sp³-hybridized carbons (Fsp3) is 0.188. The van der Waals surface area contributed by atoms with Crippen LogP contribution in [-0.2, 0) is 0 Å². The number of carbonyl (C=O) groups excluding carboxylic acids is 1. The molecule has 0 fully saturated rings. The van der Waals surface area contributed by atoms with E-state index in [0.717, 1.165) is 11.3 Å². The van der Waals surface area contributed by atoms with Crippen LogP contribution >= 0.6 is 0 Å². The van der Waals surface area contributed by atoms with E-state index in [1.165, 1.54) is 6.20 Å². The Labute approximate surface area is 118 Å². The molecule has 4 heteroatoms. The Hall–Kier alpha value is -2.67. The second-order valence-electron chi connectivity index (χ2n) is 4.43. The van der Waals surface area contributed by atoms with Crippen LogP contribution < -0.4 is 4.90 Å². The Morgan fingerprint density at radius 1 is 1.25 bits per heavy atom. The van der Waals surface area contributed by atoms with Crippen molar-refractivity contribution in [2.24, 2.45) is 0 Å². The highest BCUT2D eigenvalue weighted by atomic mass is 16.2. The molecule has 20 heavy (non-hydrogen) atoms. The Morgan fingerprint density at radius 2 is 1.95 bits per heavy atom. The number of anilines is 1. The van der Waals surface area contributed by atoms with Gasteiger partial charge in [-0.05, 0) is 38.1 Å². The van der Waals surface area contributed by atoms with E-state index >= 15 is 0 Å². The molecule has 4 nitrogen and oxygen atoms in total. The molecule has 0 saturated carbocycles.